The maximum absolute atomic E-state index is 11.8. The van der Waals surface area contributed by atoms with Crippen LogP contribution in [0.2, 0.25) is 0 Å². The first-order valence-corrected chi connectivity index (χ1v) is 7.71. The molecule has 0 aromatic heterocycles. The molecule has 0 aliphatic carbocycles. The number of esters is 1. The van der Waals surface area contributed by atoms with Crippen molar-refractivity contribution in [2.75, 3.05) is 20.2 Å². The lowest BCUT2D eigenvalue weighted by atomic mass is 9.90. The van der Waals surface area contributed by atoms with E-state index in [2.05, 4.69) is 18.7 Å². The van der Waals surface area contributed by atoms with E-state index in [0.717, 1.165) is 19.5 Å². The number of methoxy groups -OCH3 is 1. The Labute approximate surface area is 117 Å². The van der Waals surface area contributed by atoms with Gasteiger partial charge in [-0.1, -0.05) is 33.1 Å². The van der Waals surface area contributed by atoms with Gasteiger partial charge in [0, 0.05) is 18.6 Å². The molecule has 1 rings (SSSR count). The molecule has 4 nitrogen and oxygen atoms in total. The van der Waals surface area contributed by atoms with Crippen LogP contribution in [0.1, 0.15) is 52.4 Å². The maximum Gasteiger partial charge on any atom is 0.311 e. The molecule has 1 aliphatic heterocycles. The highest BCUT2D eigenvalue weighted by molar-refractivity contribution is 5.73. The molecule has 0 aromatic carbocycles. The first kappa shape index (κ1) is 16.4. The topological polar surface area (TPSA) is 55.6 Å². The molecular formula is C15H30N2O2. The third-order valence-electron chi connectivity index (χ3n) is 4.23. The van der Waals surface area contributed by atoms with Crippen molar-refractivity contribution in [1.82, 2.24) is 4.90 Å². The SMILES string of the molecule is CCCCC(CCC)N1CC[C@@H](N)[C@H](C(=O)OC)C1. The Morgan fingerprint density at radius 1 is 1.37 bits per heavy atom. The van der Waals surface area contributed by atoms with Gasteiger partial charge in [-0.05, 0) is 25.8 Å². The van der Waals surface area contributed by atoms with Crippen molar-refractivity contribution in [2.45, 2.75) is 64.5 Å². The molecule has 112 valence electrons. The predicted molar refractivity (Wildman–Crippen MR) is 77.9 cm³/mol. The Balaban J connectivity index is 2.62. The maximum atomic E-state index is 11.8. The summed E-state index contributed by atoms with van der Waals surface area (Å²) < 4.78 is 4.88. The molecular weight excluding hydrogens is 240 g/mol. The van der Waals surface area contributed by atoms with Crippen LogP contribution in [-0.4, -0.2) is 43.2 Å². The molecule has 0 saturated carbocycles. The number of ether oxygens (including phenoxy) is 1. The van der Waals surface area contributed by atoms with E-state index in [-0.39, 0.29) is 17.9 Å². The average molecular weight is 270 g/mol. The van der Waals surface area contributed by atoms with E-state index in [1.807, 2.05) is 0 Å². The predicted octanol–water partition coefficient (Wildman–Crippen LogP) is 2.17. The molecule has 1 fully saturated rings. The molecule has 1 heterocycles. The van der Waals surface area contributed by atoms with Gasteiger partial charge in [0.15, 0.2) is 0 Å². The molecule has 1 unspecified atom stereocenters. The van der Waals surface area contributed by atoms with Crippen molar-refractivity contribution in [3.63, 3.8) is 0 Å². The minimum Gasteiger partial charge on any atom is -0.469 e. The molecule has 0 amide bonds. The van der Waals surface area contributed by atoms with Crippen molar-refractivity contribution in [2.24, 2.45) is 11.7 Å². The zero-order chi connectivity index (χ0) is 14.3. The summed E-state index contributed by atoms with van der Waals surface area (Å²) in [5.41, 5.74) is 6.06. The number of nitrogens with two attached hydrogens (primary N) is 1. The third-order valence-corrected chi connectivity index (χ3v) is 4.23. The Hall–Kier alpha value is -0.610. The summed E-state index contributed by atoms with van der Waals surface area (Å²) in [5.74, 6) is -0.303. The molecule has 0 bridgehead atoms. The summed E-state index contributed by atoms with van der Waals surface area (Å²) in [4.78, 5) is 14.3. The second-order valence-electron chi connectivity index (χ2n) is 5.66. The van der Waals surface area contributed by atoms with Gasteiger partial charge in [0.25, 0.3) is 0 Å². The van der Waals surface area contributed by atoms with E-state index in [4.69, 9.17) is 10.5 Å². The Bertz CT molecular complexity index is 271. The molecule has 3 atom stereocenters. The second-order valence-corrected chi connectivity index (χ2v) is 5.66. The fourth-order valence-electron chi connectivity index (χ4n) is 3.01. The number of rotatable bonds is 7. The zero-order valence-electron chi connectivity index (χ0n) is 12.7. The molecule has 0 aromatic rings. The van der Waals surface area contributed by atoms with Gasteiger partial charge in [-0.25, -0.2) is 0 Å². The lowest BCUT2D eigenvalue weighted by molar-refractivity contribution is -0.148. The van der Waals surface area contributed by atoms with Crippen molar-refractivity contribution in [3.8, 4) is 0 Å². The van der Waals surface area contributed by atoms with Crippen molar-refractivity contribution < 1.29 is 9.53 Å². The van der Waals surface area contributed by atoms with E-state index in [1.165, 1.54) is 39.2 Å². The molecule has 4 heteroatoms. The van der Waals surface area contributed by atoms with Gasteiger partial charge in [-0.3, -0.25) is 9.69 Å². The van der Waals surface area contributed by atoms with Gasteiger partial charge in [-0.15, -0.1) is 0 Å². The van der Waals surface area contributed by atoms with Gasteiger partial charge in [0.05, 0.1) is 13.0 Å². The summed E-state index contributed by atoms with van der Waals surface area (Å²) in [6.07, 6.45) is 7.02. The lowest BCUT2D eigenvalue weighted by Gasteiger charge is -2.40. The van der Waals surface area contributed by atoms with Crippen LogP contribution in [0.25, 0.3) is 0 Å². The molecule has 0 spiro atoms. The average Bonchev–Trinajstić information content (AvgIpc) is 2.43. The first-order valence-electron chi connectivity index (χ1n) is 7.71. The minimum atomic E-state index is -0.153. The molecule has 0 radical (unpaired) electrons. The standard InChI is InChI=1S/C15H30N2O2/c1-4-6-8-12(7-5-2)17-10-9-14(16)13(11-17)15(18)19-3/h12-14H,4-11,16H2,1-3H3/t12?,13-,14-/m1/s1. The zero-order valence-corrected chi connectivity index (χ0v) is 12.7. The third kappa shape index (κ3) is 4.77. The van der Waals surface area contributed by atoms with E-state index >= 15 is 0 Å². The highest BCUT2D eigenvalue weighted by atomic mass is 16.5. The van der Waals surface area contributed by atoms with Crippen molar-refractivity contribution in [3.05, 3.63) is 0 Å². The van der Waals surface area contributed by atoms with Crippen LogP contribution in [0.15, 0.2) is 0 Å². The first-order chi connectivity index (χ1) is 9.13. The summed E-state index contributed by atoms with van der Waals surface area (Å²) >= 11 is 0. The fraction of sp³-hybridized carbons (Fsp3) is 0.933. The summed E-state index contributed by atoms with van der Waals surface area (Å²) in [6.45, 7) is 6.24. The van der Waals surface area contributed by atoms with Crippen molar-refractivity contribution >= 4 is 5.97 Å². The van der Waals surface area contributed by atoms with Gasteiger partial charge < -0.3 is 10.5 Å². The summed E-state index contributed by atoms with van der Waals surface area (Å²) in [5, 5.41) is 0. The highest BCUT2D eigenvalue weighted by Gasteiger charge is 2.35. The Morgan fingerprint density at radius 2 is 2.11 bits per heavy atom. The molecule has 1 aliphatic rings. The highest BCUT2D eigenvalue weighted by Crippen LogP contribution is 2.23. The number of unbranched alkanes of at least 4 members (excludes halogenated alkanes) is 1. The van der Waals surface area contributed by atoms with Gasteiger partial charge in [-0.2, -0.15) is 0 Å². The fourth-order valence-corrected chi connectivity index (χ4v) is 3.01. The van der Waals surface area contributed by atoms with Crippen LogP contribution >= 0.6 is 0 Å². The number of hydrogen-bond donors (Lipinski definition) is 1. The van der Waals surface area contributed by atoms with E-state index in [0.29, 0.717) is 6.04 Å². The van der Waals surface area contributed by atoms with Crippen molar-refractivity contribution in [1.29, 1.82) is 0 Å². The number of carbonyl (C=O) groups excluding carboxylic acids is 1. The largest absolute Gasteiger partial charge is 0.469 e. The van der Waals surface area contributed by atoms with Crippen LogP contribution < -0.4 is 5.73 Å². The van der Waals surface area contributed by atoms with E-state index in [9.17, 15) is 4.79 Å². The Morgan fingerprint density at radius 3 is 2.68 bits per heavy atom. The smallest absolute Gasteiger partial charge is 0.311 e. The number of piperidine rings is 1. The second kappa shape index (κ2) is 8.54. The quantitative estimate of drug-likeness (QED) is 0.720. The van der Waals surface area contributed by atoms with Crippen LogP contribution in [0, 0.1) is 5.92 Å². The minimum absolute atomic E-state index is 0.0443. The lowest BCUT2D eigenvalue weighted by Crippen LogP contribution is -2.53. The van der Waals surface area contributed by atoms with Gasteiger partial charge in [0.2, 0.25) is 0 Å². The van der Waals surface area contributed by atoms with Crippen LogP contribution in [0.4, 0.5) is 0 Å². The number of nitrogens with zero attached hydrogens (tertiary/aromatic N) is 1. The van der Waals surface area contributed by atoms with Gasteiger partial charge >= 0.3 is 5.97 Å². The van der Waals surface area contributed by atoms with Gasteiger partial charge in [0.1, 0.15) is 0 Å². The Kier molecular flexibility index (Phi) is 7.39. The molecule has 19 heavy (non-hydrogen) atoms. The van der Waals surface area contributed by atoms with Crippen LogP contribution in [-0.2, 0) is 9.53 Å². The van der Waals surface area contributed by atoms with E-state index < -0.39 is 0 Å². The summed E-state index contributed by atoms with van der Waals surface area (Å²) in [7, 11) is 1.45. The number of hydrogen-bond acceptors (Lipinski definition) is 4. The number of likely N-dealkylation sites (tertiary alicyclic amines) is 1. The molecule has 2 N–H and O–H groups in total. The normalized spacial score (nSPS) is 26.1. The monoisotopic (exact) mass is 270 g/mol. The molecule has 1 saturated heterocycles. The number of carbonyl (C=O) groups is 1. The van der Waals surface area contributed by atoms with Crippen LogP contribution in [0.5, 0.6) is 0 Å². The van der Waals surface area contributed by atoms with Crippen LogP contribution in [0.3, 0.4) is 0 Å². The summed E-state index contributed by atoms with van der Waals surface area (Å²) in [6, 6.07) is 0.557. The van der Waals surface area contributed by atoms with E-state index in [1.54, 1.807) is 0 Å².